The first kappa shape index (κ1) is 13.0. The van der Waals surface area contributed by atoms with Crippen molar-refractivity contribution in [1.82, 2.24) is 14.9 Å². The summed E-state index contributed by atoms with van der Waals surface area (Å²) < 4.78 is 5.46. The summed E-state index contributed by atoms with van der Waals surface area (Å²) >= 11 is 0. The summed E-state index contributed by atoms with van der Waals surface area (Å²) in [6.45, 7) is 5.64. The van der Waals surface area contributed by atoms with E-state index in [1.54, 1.807) is 6.20 Å². The number of carbonyl (C=O) groups is 1. The van der Waals surface area contributed by atoms with Gasteiger partial charge in [-0.2, -0.15) is 0 Å². The fourth-order valence-electron chi connectivity index (χ4n) is 2.10. The monoisotopic (exact) mass is 249 g/mol. The van der Waals surface area contributed by atoms with Crippen molar-refractivity contribution in [3.05, 3.63) is 23.8 Å². The van der Waals surface area contributed by atoms with Gasteiger partial charge in [-0.25, -0.2) is 9.97 Å². The SMILES string of the molecule is CCCC(=O)N1CCOC[C@@H]1c1nccc(C)n1. The molecule has 5 nitrogen and oxygen atoms in total. The minimum absolute atomic E-state index is 0.141. The molecule has 0 saturated carbocycles. The first-order chi connectivity index (χ1) is 8.72. The van der Waals surface area contributed by atoms with Crippen LogP contribution in [0.4, 0.5) is 0 Å². The highest BCUT2D eigenvalue weighted by Gasteiger charge is 2.29. The lowest BCUT2D eigenvalue weighted by atomic mass is 10.1. The molecule has 1 aliphatic heterocycles. The summed E-state index contributed by atoms with van der Waals surface area (Å²) in [5.74, 6) is 0.843. The summed E-state index contributed by atoms with van der Waals surface area (Å²) in [6, 6.07) is 1.71. The second-order valence-corrected chi connectivity index (χ2v) is 4.48. The average molecular weight is 249 g/mol. The Balaban J connectivity index is 2.20. The zero-order chi connectivity index (χ0) is 13.0. The number of amides is 1. The Kier molecular flexibility index (Phi) is 4.25. The lowest BCUT2D eigenvalue weighted by Crippen LogP contribution is -2.44. The molecule has 0 aliphatic carbocycles. The Hall–Kier alpha value is -1.49. The summed E-state index contributed by atoms with van der Waals surface area (Å²) in [4.78, 5) is 22.6. The van der Waals surface area contributed by atoms with Gasteiger partial charge >= 0.3 is 0 Å². The Morgan fingerprint density at radius 3 is 3.17 bits per heavy atom. The number of morpholine rings is 1. The fourth-order valence-corrected chi connectivity index (χ4v) is 2.10. The third-order valence-electron chi connectivity index (χ3n) is 3.02. The van der Waals surface area contributed by atoms with Crippen LogP contribution in [0.25, 0.3) is 0 Å². The Bertz CT molecular complexity index is 422. The third-order valence-corrected chi connectivity index (χ3v) is 3.02. The number of aromatic nitrogens is 2. The van der Waals surface area contributed by atoms with Crippen LogP contribution in [0, 0.1) is 6.92 Å². The number of hydrogen-bond donors (Lipinski definition) is 0. The van der Waals surface area contributed by atoms with E-state index < -0.39 is 0 Å². The molecule has 2 rings (SSSR count). The number of nitrogens with zero attached hydrogens (tertiary/aromatic N) is 3. The van der Waals surface area contributed by atoms with Gasteiger partial charge in [-0.1, -0.05) is 6.92 Å². The average Bonchev–Trinajstić information content (AvgIpc) is 2.39. The maximum absolute atomic E-state index is 12.1. The van der Waals surface area contributed by atoms with Crippen LogP contribution >= 0.6 is 0 Å². The molecule has 1 atom stereocenters. The highest BCUT2D eigenvalue weighted by molar-refractivity contribution is 5.76. The van der Waals surface area contributed by atoms with Crippen LogP contribution in [0.5, 0.6) is 0 Å². The highest BCUT2D eigenvalue weighted by atomic mass is 16.5. The maximum atomic E-state index is 12.1. The molecule has 2 heterocycles. The van der Waals surface area contributed by atoms with Crippen LogP contribution in [0.2, 0.25) is 0 Å². The lowest BCUT2D eigenvalue weighted by molar-refractivity contribution is -0.140. The van der Waals surface area contributed by atoms with Crippen LogP contribution in [0.15, 0.2) is 12.3 Å². The smallest absolute Gasteiger partial charge is 0.223 e. The van der Waals surface area contributed by atoms with Gasteiger partial charge in [-0.15, -0.1) is 0 Å². The first-order valence-electron chi connectivity index (χ1n) is 6.39. The van der Waals surface area contributed by atoms with E-state index in [0.29, 0.717) is 32.0 Å². The molecule has 1 fully saturated rings. The number of carbonyl (C=O) groups excluding carboxylic acids is 1. The van der Waals surface area contributed by atoms with Crippen molar-refractivity contribution in [2.24, 2.45) is 0 Å². The summed E-state index contributed by atoms with van der Waals surface area (Å²) in [5, 5.41) is 0. The van der Waals surface area contributed by atoms with Gasteiger partial charge in [0.15, 0.2) is 5.82 Å². The molecule has 18 heavy (non-hydrogen) atoms. The van der Waals surface area contributed by atoms with E-state index in [0.717, 1.165) is 12.1 Å². The summed E-state index contributed by atoms with van der Waals surface area (Å²) in [7, 11) is 0. The van der Waals surface area contributed by atoms with E-state index in [2.05, 4.69) is 9.97 Å². The molecule has 1 aliphatic rings. The number of hydrogen-bond acceptors (Lipinski definition) is 4. The number of rotatable bonds is 3. The molecule has 0 bridgehead atoms. The topological polar surface area (TPSA) is 55.3 Å². The largest absolute Gasteiger partial charge is 0.377 e. The molecule has 98 valence electrons. The second-order valence-electron chi connectivity index (χ2n) is 4.48. The van der Waals surface area contributed by atoms with Gasteiger partial charge in [-0.05, 0) is 19.4 Å². The highest BCUT2D eigenvalue weighted by Crippen LogP contribution is 2.22. The molecule has 1 aromatic heterocycles. The first-order valence-corrected chi connectivity index (χ1v) is 6.39. The Labute approximate surface area is 107 Å². The molecule has 0 spiro atoms. The van der Waals surface area contributed by atoms with Crippen molar-refractivity contribution < 1.29 is 9.53 Å². The minimum atomic E-state index is -0.141. The number of aryl methyl sites for hydroxylation is 1. The Morgan fingerprint density at radius 1 is 1.61 bits per heavy atom. The third kappa shape index (κ3) is 2.85. The van der Waals surface area contributed by atoms with Crippen LogP contribution in [-0.2, 0) is 9.53 Å². The number of ether oxygens (including phenoxy) is 1. The van der Waals surface area contributed by atoms with Crippen molar-refractivity contribution in [1.29, 1.82) is 0 Å². The molecule has 0 aromatic carbocycles. The van der Waals surface area contributed by atoms with Crippen LogP contribution < -0.4 is 0 Å². The molecule has 1 aromatic rings. The van der Waals surface area contributed by atoms with Crippen LogP contribution in [0.1, 0.15) is 37.3 Å². The Morgan fingerprint density at radius 2 is 2.44 bits per heavy atom. The van der Waals surface area contributed by atoms with E-state index in [9.17, 15) is 4.79 Å². The quantitative estimate of drug-likeness (QED) is 0.814. The molecule has 0 radical (unpaired) electrons. The molecule has 1 saturated heterocycles. The molecule has 0 N–H and O–H groups in total. The van der Waals surface area contributed by atoms with Gasteiger partial charge in [0.1, 0.15) is 6.04 Å². The van der Waals surface area contributed by atoms with Crippen LogP contribution in [0.3, 0.4) is 0 Å². The van der Waals surface area contributed by atoms with Gasteiger partial charge in [0.2, 0.25) is 5.91 Å². The van der Waals surface area contributed by atoms with Gasteiger partial charge in [-0.3, -0.25) is 4.79 Å². The minimum Gasteiger partial charge on any atom is -0.377 e. The van der Waals surface area contributed by atoms with Gasteiger partial charge < -0.3 is 9.64 Å². The zero-order valence-electron chi connectivity index (χ0n) is 10.9. The van der Waals surface area contributed by atoms with Gasteiger partial charge in [0, 0.05) is 24.9 Å². The van der Waals surface area contributed by atoms with Gasteiger partial charge in [0.05, 0.1) is 13.2 Å². The van der Waals surface area contributed by atoms with Crippen molar-refractivity contribution in [2.45, 2.75) is 32.7 Å². The molecular formula is C13H19N3O2. The van der Waals surface area contributed by atoms with Crippen LogP contribution in [-0.4, -0.2) is 40.5 Å². The fraction of sp³-hybridized carbons (Fsp3) is 0.615. The van der Waals surface area contributed by atoms with Crippen molar-refractivity contribution in [3.8, 4) is 0 Å². The molecular weight excluding hydrogens is 230 g/mol. The standard InChI is InChI=1S/C13H19N3O2/c1-3-4-12(17)16-7-8-18-9-11(16)13-14-6-5-10(2)15-13/h5-6,11H,3-4,7-9H2,1-2H3/t11-/m1/s1. The second kappa shape index (κ2) is 5.91. The van der Waals surface area contributed by atoms with Crippen molar-refractivity contribution in [3.63, 3.8) is 0 Å². The lowest BCUT2D eigenvalue weighted by Gasteiger charge is -2.34. The van der Waals surface area contributed by atoms with E-state index in [4.69, 9.17) is 4.74 Å². The zero-order valence-corrected chi connectivity index (χ0v) is 10.9. The normalized spacial score (nSPS) is 19.9. The molecule has 5 heteroatoms. The van der Waals surface area contributed by atoms with E-state index >= 15 is 0 Å². The molecule has 1 amide bonds. The maximum Gasteiger partial charge on any atom is 0.223 e. The predicted molar refractivity (Wildman–Crippen MR) is 67.0 cm³/mol. The predicted octanol–water partition coefficient (Wildman–Crippen LogP) is 1.49. The summed E-state index contributed by atoms with van der Waals surface area (Å²) in [5.41, 5.74) is 0.911. The van der Waals surface area contributed by atoms with Gasteiger partial charge in [0.25, 0.3) is 0 Å². The van der Waals surface area contributed by atoms with E-state index in [1.165, 1.54) is 0 Å². The molecule has 0 unspecified atom stereocenters. The van der Waals surface area contributed by atoms with E-state index in [1.807, 2.05) is 24.8 Å². The van der Waals surface area contributed by atoms with Crippen molar-refractivity contribution in [2.75, 3.05) is 19.8 Å². The van der Waals surface area contributed by atoms with E-state index in [-0.39, 0.29) is 11.9 Å². The summed E-state index contributed by atoms with van der Waals surface area (Å²) in [6.07, 6.45) is 3.16. The van der Waals surface area contributed by atoms with Crippen molar-refractivity contribution >= 4 is 5.91 Å².